The first-order valence-electron chi connectivity index (χ1n) is 7.13. The van der Waals surface area contributed by atoms with Gasteiger partial charge in [-0.1, -0.05) is 36.4 Å². The molecule has 3 rings (SSSR count). The summed E-state index contributed by atoms with van der Waals surface area (Å²) in [5, 5.41) is 2.88. The van der Waals surface area contributed by atoms with E-state index in [4.69, 9.17) is 4.74 Å². The Kier molecular flexibility index (Phi) is 3.45. The molecule has 4 heteroatoms. The third-order valence-electron chi connectivity index (χ3n) is 4.18. The van der Waals surface area contributed by atoms with Gasteiger partial charge in [-0.3, -0.25) is 4.79 Å². The minimum atomic E-state index is -0.634. The molecule has 0 fully saturated rings. The van der Waals surface area contributed by atoms with Crippen LogP contribution in [0.15, 0.2) is 48.5 Å². The van der Waals surface area contributed by atoms with Gasteiger partial charge in [-0.15, -0.1) is 0 Å². The largest absolute Gasteiger partial charge is 0.465 e. The average Bonchev–Trinajstić information content (AvgIpc) is 2.78. The maximum Gasteiger partial charge on any atom is 0.337 e. The van der Waals surface area contributed by atoms with Crippen LogP contribution in [0.5, 0.6) is 0 Å². The highest BCUT2D eigenvalue weighted by atomic mass is 16.5. The fourth-order valence-corrected chi connectivity index (χ4v) is 2.94. The number of hydrogen-bond donors (Lipinski definition) is 1. The molecule has 0 saturated carbocycles. The molecule has 0 radical (unpaired) electrons. The molecular formula is C18H17NO3. The number of methoxy groups -OCH3 is 1. The van der Waals surface area contributed by atoms with E-state index >= 15 is 0 Å². The normalized spacial score (nSPS) is 19.5. The van der Waals surface area contributed by atoms with Crippen molar-refractivity contribution in [3.8, 4) is 0 Å². The Morgan fingerprint density at radius 3 is 2.59 bits per heavy atom. The van der Waals surface area contributed by atoms with Gasteiger partial charge >= 0.3 is 5.97 Å². The fourth-order valence-electron chi connectivity index (χ4n) is 2.94. The second-order valence-electron chi connectivity index (χ2n) is 5.70. The minimum Gasteiger partial charge on any atom is -0.465 e. The van der Waals surface area contributed by atoms with Crippen molar-refractivity contribution in [1.29, 1.82) is 0 Å². The van der Waals surface area contributed by atoms with Crippen LogP contribution in [0.2, 0.25) is 0 Å². The molecule has 1 N–H and O–H groups in total. The van der Waals surface area contributed by atoms with Gasteiger partial charge in [0.25, 0.3) is 0 Å². The molecule has 0 spiro atoms. The van der Waals surface area contributed by atoms with Gasteiger partial charge in [0.15, 0.2) is 0 Å². The lowest BCUT2D eigenvalue weighted by atomic mass is 9.78. The number of fused-ring (bicyclic) bond motifs is 1. The summed E-state index contributed by atoms with van der Waals surface area (Å²) in [6.07, 6.45) is 0.615. The zero-order valence-corrected chi connectivity index (χ0v) is 12.6. The van der Waals surface area contributed by atoms with Gasteiger partial charge in [-0.25, -0.2) is 4.79 Å². The van der Waals surface area contributed by atoms with Gasteiger partial charge in [-0.05, 0) is 36.6 Å². The van der Waals surface area contributed by atoms with E-state index in [0.29, 0.717) is 17.7 Å². The molecule has 1 amide bonds. The van der Waals surface area contributed by atoms with Crippen molar-refractivity contribution in [2.24, 2.45) is 0 Å². The summed E-state index contributed by atoms with van der Waals surface area (Å²) in [5.74, 6) is -0.456. The smallest absolute Gasteiger partial charge is 0.337 e. The second kappa shape index (κ2) is 5.30. The van der Waals surface area contributed by atoms with Crippen LogP contribution in [-0.4, -0.2) is 19.0 Å². The number of benzene rings is 2. The van der Waals surface area contributed by atoms with Gasteiger partial charge in [0.1, 0.15) is 0 Å². The highest BCUT2D eigenvalue weighted by Crippen LogP contribution is 2.40. The van der Waals surface area contributed by atoms with Crippen molar-refractivity contribution >= 4 is 17.6 Å². The Bertz CT molecular complexity index is 739. The maximum atomic E-state index is 12.5. The fraction of sp³-hybridized carbons (Fsp3) is 0.222. The number of ether oxygens (including phenoxy) is 1. The maximum absolute atomic E-state index is 12.5. The highest BCUT2D eigenvalue weighted by molar-refractivity contribution is 6.07. The van der Waals surface area contributed by atoms with Crippen LogP contribution in [0.3, 0.4) is 0 Å². The summed E-state index contributed by atoms with van der Waals surface area (Å²) in [4.78, 5) is 24.1. The highest BCUT2D eigenvalue weighted by Gasteiger charge is 2.42. The molecule has 112 valence electrons. The van der Waals surface area contributed by atoms with E-state index in [1.807, 2.05) is 43.3 Å². The predicted molar refractivity (Wildman–Crippen MR) is 83.9 cm³/mol. The Morgan fingerprint density at radius 1 is 1.18 bits per heavy atom. The first-order valence-corrected chi connectivity index (χ1v) is 7.13. The number of anilines is 1. The number of esters is 1. The lowest BCUT2D eigenvalue weighted by Gasteiger charge is -2.22. The molecule has 1 unspecified atom stereocenters. The Morgan fingerprint density at radius 2 is 1.91 bits per heavy atom. The summed E-state index contributed by atoms with van der Waals surface area (Å²) in [5.41, 5.74) is 2.50. The minimum absolute atomic E-state index is 0.0478. The van der Waals surface area contributed by atoms with Crippen molar-refractivity contribution < 1.29 is 14.3 Å². The van der Waals surface area contributed by atoms with Crippen molar-refractivity contribution in [3.63, 3.8) is 0 Å². The molecule has 1 atom stereocenters. The van der Waals surface area contributed by atoms with Crippen LogP contribution in [0.1, 0.15) is 28.4 Å². The summed E-state index contributed by atoms with van der Waals surface area (Å²) in [6, 6.07) is 15.1. The number of carbonyl (C=O) groups excluding carboxylic acids is 2. The van der Waals surface area contributed by atoms with Crippen LogP contribution in [0, 0.1) is 0 Å². The topological polar surface area (TPSA) is 55.4 Å². The predicted octanol–water partition coefficient (Wildman–Crippen LogP) is 2.93. The molecule has 0 saturated heterocycles. The quantitative estimate of drug-likeness (QED) is 0.886. The zero-order valence-electron chi connectivity index (χ0n) is 12.6. The summed E-state index contributed by atoms with van der Waals surface area (Å²) < 4.78 is 4.72. The summed E-state index contributed by atoms with van der Waals surface area (Å²) in [7, 11) is 1.34. The molecule has 0 aliphatic carbocycles. The van der Waals surface area contributed by atoms with Gasteiger partial charge in [0.05, 0.1) is 18.1 Å². The standard InChI is InChI=1S/C18H17NO3/c1-18(11-12-6-4-3-5-7-12)14-9-8-13(16(20)22-2)10-15(14)19-17(18)21/h3-10H,11H2,1-2H3,(H,19,21). The van der Waals surface area contributed by atoms with E-state index in [2.05, 4.69) is 5.32 Å². The van der Waals surface area contributed by atoms with Gasteiger partial charge in [0.2, 0.25) is 5.91 Å². The SMILES string of the molecule is COC(=O)c1ccc2c(c1)NC(=O)C2(C)Cc1ccccc1. The van der Waals surface area contributed by atoms with Gasteiger partial charge in [-0.2, -0.15) is 0 Å². The second-order valence-corrected chi connectivity index (χ2v) is 5.70. The monoisotopic (exact) mass is 295 g/mol. The number of hydrogen-bond acceptors (Lipinski definition) is 3. The molecule has 0 aromatic heterocycles. The summed E-state index contributed by atoms with van der Waals surface area (Å²) >= 11 is 0. The van der Waals surface area contributed by atoms with Gasteiger partial charge in [0, 0.05) is 5.69 Å². The van der Waals surface area contributed by atoms with Gasteiger partial charge < -0.3 is 10.1 Å². The van der Waals surface area contributed by atoms with E-state index in [-0.39, 0.29) is 5.91 Å². The zero-order chi connectivity index (χ0) is 15.7. The van der Waals surface area contributed by atoms with Crippen LogP contribution >= 0.6 is 0 Å². The molecule has 2 aromatic rings. The molecule has 1 heterocycles. The molecule has 22 heavy (non-hydrogen) atoms. The first kappa shape index (κ1) is 14.3. The Hall–Kier alpha value is -2.62. The number of carbonyl (C=O) groups is 2. The molecule has 2 aromatic carbocycles. The average molecular weight is 295 g/mol. The van der Waals surface area contributed by atoms with E-state index < -0.39 is 11.4 Å². The van der Waals surface area contributed by atoms with E-state index in [1.54, 1.807) is 12.1 Å². The van der Waals surface area contributed by atoms with Crippen LogP contribution in [0.4, 0.5) is 5.69 Å². The van der Waals surface area contributed by atoms with Crippen LogP contribution in [-0.2, 0) is 21.4 Å². The number of rotatable bonds is 3. The third-order valence-corrected chi connectivity index (χ3v) is 4.18. The third kappa shape index (κ3) is 2.26. The van der Waals surface area contributed by atoms with Crippen molar-refractivity contribution in [2.75, 3.05) is 12.4 Å². The molecule has 1 aliphatic heterocycles. The molecular weight excluding hydrogens is 278 g/mol. The number of amides is 1. The molecule has 4 nitrogen and oxygen atoms in total. The van der Waals surface area contributed by atoms with Crippen LogP contribution < -0.4 is 5.32 Å². The van der Waals surface area contributed by atoms with E-state index in [0.717, 1.165) is 11.1 Å². The summed E-state index contributed by atoms with van der Waals surface area (Å²) in [6.45, 7) is 1.93. The number of nitrogens with one attached hydrogen (secondary N) is 1. The van der Waals surface area contributed by atoms with Crippen molar-refractivity contribution in [2.45, 2.75) is 18.8 Å². The first-order chi connectivity index (χ1) is 10.5. The Balaban J connectivity index is 1.99. The van der Waals surface area contributed by atoms with Crippen molar-refractivity contribution in [3.05, 3.63) is 65.2 Å². The lowest BCUT2D eigenvalue weighted by molar-refractivity contribution is -0.120. The molecule has 0 bridgehead atoms. The van der Waals surface area contributed by atoms with E-state index in [9.17, 15) is 9.59 Å². The van der Waals surface area contributed by atoms with Crippen molar-refractivity contribution in [1.82, 2.24) is 0 Å². The van der Waals surface area contributed by atoms with E-state index in [1.165, 1.54) is 7.11 Å². The lowest BCUT2D eigenvalue weighted by Crippen LogP contribution is -2.33. The Labute approximate surface area is 129 Å². The van der Waals surface area contributed by atoms with Crippen LogP contribution in [0.25, 0.3) is 0 Å². The molecule has 1 aliphatic rings.